The van der Waals surface area contributed by atoms with Gasteiger partial charge in [-0.2, -0.15) is 0 Å². The molecule has 2 aromatic rings. The molecule has 0 bridgehead atoms. The molecule has 1 aliphatic rings. The summed E-state index contributed by atoms with van der Waals surface area (Å²) in [5, 5.41) is 0.727. The molecule has 2 heterocycles. The number of hydrogen-bond donors (Lipinski definition) is 0. The number of carbonyl (C=O) groups is 1. The van der Waals surface area contributed by atoms with Gasteiger partial charge in [0.15, 0.2) is 0 Å². The highest BCUT2D eigenvalue weighted by Crippen LogP contribution is 2.26. The minimum absolute atomic E-state index is 0.114. The second-order valence-electron chi connectivity index (χ2n) is 5.40. The van der Waals surface area contributed by atoms with Crippen LogP contribution in [0, 0.1) is 0 Å². The third kappa shape index (κ3) is 3.47. The quantitative estimate of drug-likeness (QED) is 0.642. The van der Waals surface area contributed by atoms with Crippen LogP contribution >= 0.6 is 11.8 Å². The van der Waals surface area contributed by atoms with Crippen LogP contribution in [0.15, 0.2) is 47.8 Å². The minimum Gasteiger partial charge on any atom is -0.342 e. The number of carbonyl (C=O) groups excluding carboxylic acids is 1. The van der Waals surface area contributed by atoms with Crippen LogP contribution in [0.4, 0.5) is 0 Å². The summed E-state index contributed by atoms with van der Waals surface area (Å²) in [4.78, 5) is 22.9. The lowest BCUT2D eigenvalue weighted by Crippen LogP contribution is -2.34. The molecule has 1 aromatic heterocycles. The van der Waals surface area contributed by atoms with Gasteiger partial charge in [0.2, 0.25) is 5.91 Å². The van der Waals surface area contributed by atoms with Gasteiger partial charge in [-0.25, -0.2) is 9.97 Å². The summed E-state index contributed by atoms with van der Waals surface area (Å²) >= 11 is 1.51. The van der Waals surface area contributed by atoms with Crippen LogP contribution in [0.1, 0.15) is 19.8 Å². The van der Waals surface area contributed by atoms with Gasteiger partial charge in [-0.1, -0.05) is 42.1 Å². The van der Waals surface area contributed by atoms with Crippen molar-refractivity contribution in [2.45, 2.75) is 30.0 Å². The maximum atomic E-state index is 12.4. The first-order valence-electron chi connectivity index (χ1n) is 7.57. The number of amides is 1. The number of thioether (sulfide) groups is 1. The van der Waals surface area contributed by atoms with Crippen molar-refractivity contribution in [1.29, 1.82) is 0 Å². The van der Waals surface area contributed by atoms with Crippen LogP contribution in [0.25, 0.3) is 11.3 Å². The van der Waals surface area contributed by atoms with E-state index in [4.69, 9.17) is 0 Å². The zero-order valence-corrected chi connectivity index (χ0v) is 13.4. The molecule has 0 radical (unpaired) electrons. The fourth-order valence-electron chi connectivity index (χ4n) is 2.60. The first-order valence-corrected chi connectivity index (χ1v) is 8.45. The van der Waals surface area contributed by atoms with Crippen molar-refractivity contribution in [1.82, 2.24) is 14.9 Å². The molecule has 0 aliphatic carbocycles. The monoisotopic (exact) mass is 313 g/mol. The second-order valence-corrected chi connectivity index (χ2v) is 6.76. The molecule has 22 heavy (non-hydrogen) atoms. The van der Waals surface area contributed by atoms with E-state index in [0.29, 0.717) is 0 Å². The van der Waals surface area contributed by atoms with E-state index in [-0.39, 0.29) is 11.2 Å². The van der Waals surface area contributed by atoms with Crippen molar-refractivity contribution in [3.63, 3.8) is 0 Å². The molecule has 0 N–H and O–H groups in total. The summed E-state index contributed by atoms with van der Waals surface area (Å²) in [6, 6.07) is 12.0. The molecular formula is C17H19N3OS. The molecule has 0 saturated carbocycles. The maximum Gasteiger partial charge on any atom is 0.235 e. The molecule has 0 spiro atoms. The highest BCUT2D eigenvalue weighted by molar-refractivity contribution is 8.00. The molecule has 1 aromatic carbocycles. The lowest BCUT2D eigenvalue weighted by atomic mass is 10.1. The fraction of sp³-hybridized carbons (Fsp3) is 0.353. The van der Waals surface area contributed by atoms with Crippen molar-refractivity contribution in [3.8, 4) is 11.3 Å². The zero-order chi connectivity index (χ0) is 15.4. The van der Waals surface area contributed by atoms with Gasteiger partial charge in [0, 0.05) is 18.7 Å². The third-order valence-electron chi connectivity index (χ3n) is 3.77. The molecule has 1 amide bonds. The number of likely N-dealkylation sites (tertiary alicyclic amines) is 1. The highest BCUT2D eigenvalue weighted by Gasteiger charge is 2.24. The number of hydrogen-bond acceptors (Lipinski definition) is 4. The molecular weight excluding hydrogens is 294 g/mol. The van der Waals surface area contributed by atoms with Crippen LogP contribution < -0.4 is 0 Å². The van der Waals surface area contributed by atoms with E-state index in [1.807, 2.05) is 48.2 Å². The van der Waals surface area contributed by atoms with Gasteiger partial charge in [-0.3, -0.25) is 4.79 Å². The van der Waals surface area contributed by atoms with Gasteiger partial charge < -0.3 is 4.90 Å². The summed E-state index contributed by atoms with van der Waals surface area (Å²) in [5.74, 6) is 0.211. The smallest absolute Gasteiger partial charge is 0.235 e. The van der Waals surface area contributed by atoms with Crippen LogP contribution in [0.5, 0.6) is 0 Å². The Kier molecular flexibility index (Phi) is 4.73. The summed E-state index contributed by atoms with van der Waals surface area (Å²) in [5.41, 5.74) is 1.95. The van der Waals surface area contributed by atoms with Crippen LogP contribution in [-0.4, -0.2) is 39.1 Å². The predicted molar refractivity (Wildman–Crippen MR) is 88.6 cm³/mol. The maximum absolute atomic E-state index is 12.4. The average molecular weight is 313 g/mol. The molecule has 114 valence electrons. The normalized spacial score (nSPS) is 15.8. The molecule has 3 rings (SSSR count). The van der Waals surface area contributed by atoms with Crippen molar-refractivity contribution in [3.05, 3.63) is 42.7 Å². The van der Waals surface area contributed by atoms with Crippen molar-refractivity contribution in [2.24, 2.45) is 0 Å². The Morgan fingerprint density at radius 3 is 2.64 bits per heavy atom. The van der Waals surface area contributed by atoms with Gasteiger partial charge in [0.05, 0.1) is 10.9 Å². The van der Waals surface area contributed by atoms with Gasteiger partial charge in [0.25, 0.3) is 0 Å². The van der Waals surface area contributed by atoms with Gasteiger partial charge in [-0.15, -0.1) is 0 Å². The first kappa shape index (κ1) is 15.0. The Morgan fingerprint density at radius 2 is 1.91 bits per heavy atom. The third-order valence-corrected chi connectivity index (χ3v) is 4.79. The van der Waals surface area contributed by atoms with Gasteiger partial charge in [-0.05, 0) is 25.8 Å². The Hall–Kier alpha value is -1.88. The molecule has 1 saturated heterocycles. The predicted octanol–water partition coefficient (Wildman–Crippen LogP) is 3.25. The van der Waals surface area contributed by atoms with E-state index in [9.17, 15) is 4.79 Å². The largest absolute Gasteiger partial charge is 0.342 e. The lowest BCUT2D eigenvalue weighted by molar-refractivity contribution is -0.129. The van der Waals surface area contributed by atoms with E-state index in [0.717, 1.165) is 42.2 Å². The summed E-state index contributed by atoms with van der Waals surface area (Å²) in [6.45, 7) is 3.74. The van der Waals surface area contributed by atoms with E-state index in [1.54, 1.807) is 6.33 Å². The second kappa shape index (κ2) is 6.92. The van der Waals surface area contributed by atoms with E-state index in [1.165, 1.54) is 11.8 Å². The number of nitrogens with zero attached hydrogens (tertiary/aromatic N) is 3. The van der Waals surface area contributed by atoms with Crippen LogP contribution in [0.2, 0.25) is 0 Å². The highest BCUT2D eigenvalue weighted by atomic mass is 32.2. The number of rotatable bonds is 4. The van der Waals surface area contributed by atoms with Crippen LogP contribution in [0.3, 0.4) is 0 Å². The van der Waals surface area contributed by atoms with E-state index < -0.39 is 0 Å². The van der Waals surface area contributed by atoms with E-state index in [2.05, 4.69) is 9.97 Å². The molecule has 1 atom stereocenters. The molecule has 1 unspecified atom stereocenters. The molecule has 4 nitrogen and oxygen atoms in total. The topological polar surface area (TPSA) is 46.1 Å². The Bertz CT molecular complexity index is 641. The molecule has 1 aliphatic heterocycles. The molecule has 1 fully saturated rings. The standard InChI is InChI=1S/C17H19N3OS/c1-13(17(21)20-9-5-6-10-20)22-16-11-15(18-12-19-16)14-7-3-2-4-8-14/h2-4,7-8,11-13H,5-6,9-10H2,1H3. The molecule has 5 heteroatoms. The fourth-order valence-corrected chi connectivity index (χ4v) is 3.50. The summed E-state index contributed by atoms with van der Waals surface area (Å²) in [7, 11) is 0. The van der Waals surface area contributed by atoms with Gasteiger partial charge in [0.1, 0.15) is 11.4 Å². The van der Waals surface area contributed by atoms with Crippen molar-refractivity contribution < 1.29 is 4.79 Å². The number of aromatic nitrogens is 2. The SMILES string of the molecule is CC(Sc1cc(-c2ccccc2)ncn1)C(=O)N1CCCC1. The summed E-state index contributed by atoms with van der Waals surface area (Å²) in [6.07, 6.45) is 3.81. The Morgan fingerprint density at radius 1 is 1.18 bits per heavy atom. The van der Waals surface area contributed by atoms with Crippen molar-refractivity contribution >= 4 is 17.7 Å². The lowest BCUT2D eigenvalue weighted by Gasteiger charge is -2.19. The average Bonchev–Trinajstić information content (AvgIpc) is 3.09. The summed E-state index contributed by atoms with van der Waals surface area (Å²) < 4.78 is 0. The van der Waals surface area contributed by atoms with Gasteiger partial charge >= 0.3 is 0 Å². The van der Waals surface area contributed by atoms with Crippen LogP contribution in [-0.2, 0) is 4.79 Å². The van der Waals surface area contributed by atoms with E-state index >= 15 is 0 Å². The minimum atomic E-state index is -0.114. The first-order chi connectivity index (χ1) is 10.7. The van der Waals surface area contributed by atoms with Crippen molar-refractivity contribution in [2.75, 3.05) is 13.1 Å². The Balaban J connectivity index is 1.71. The number of benzene rings is 1. The zero-order valence-electron chi connectivity index (χ0n) is 12.6. The Labute approximate surface area is 135 Å².